The van der Waals surface area contributed by atoms with Crippen LogP contribution in [0, 0.1) is 0 Å². The van der Waals surface area contributed by atoms with Gasteiger partial charge in [0.15, 0.2) is 0 Å². The molecule has 384 valence electrons. The van der Waals surface area contributed by atoms with Gasteiger partial charge in [-0.15, -0.1) is 0 Å². The number of hydrogen-bond donors (Lipinski definition) is 6. The number of halogens is 2. The van der Waals surface area contributed by atoms with Gasteiger partial charge in [-0.1, -0.05) is 85.9 Å². The summed E-state index contributed by atoms with van der Waals surface area (Å²) in [5, 5.41) is 65.6. The second kappa shape index (κ2) is 26.8. The summed E-state index contributed by atoms with van der Waals surface area (Å²) in [4.78, 5) is 27.6. The van der Waals surface area contributed by atoms with Gasteiger partial charge in [0.05, 0.1) is 37.2 Å². The van der Waals surface area contributed by atoms with Crippen LogP contribution in [0.15, 0.2) is 89.3 Å². The summed E-state index contributed by atoms with van der Waals surface area (Å²) >= 11 is 6.89. The topological polar surface area (TPSA) is 200 Å². The van der Waals surface area contributed by atoms with E-state index in [2.05, 4.69) is 31.9 Å². The summed E-state index contributed by atoms with van der Waals surface area (Å²) in [6.07, 6.45) is 12.7. The lowest BCUT2D eigenvalue weighted by atomic mass is 9.95. The van der Waals surface area contributed by atoms with Gasteiger partial charge < -0.3 is 48.9 Å². The number of hydrogen-bond acceptors (Lipinski definition) is 12. The fraction of sp³-hybridized carbons (Fsp3) is 0.404. The van der Waals surface area contributed by atoms with E-state index in [0.717, 1.165) is 58.6 Å². The van der Waals surface area contributed by atoms with E-state index in [9.17, 15) is 40.2 Å². The van der Waals surface area contributed by atoms with E-state index in [4.69, 9.17) is 18.3 Å². The molecule has 0 aliphatic carbocycles. The maximum atomic E-state index is 14.1. The standard InChI is InChI=1S/C32H40Br2O6.C24H26O6.CH4/c1-20(2)9-11-22-24(19-35)26(39-16-8-6-14-34)18-27-29(22)32(37)30-28(40-27)17-25(38-15-7-5-13-33)23(31(30)36)12-10-21(3)4;1-12(2)5-7-14-16(11-25)18(27)10-19-21(14)24(29)22-20(30-19)9-17(26)15(23(22)28)8-6-13(3)4;/h9-10,17-18,35-36H,5-8,11-16,19H2,1-4H3;5-6,9-10,25-28H,7-8,11H2,1-4H3;1H4. The molecule has 0 fully saturated rings. The molecule has 0 aliphatic heterocycles. The first-order chi connectivity index (χ1) is 33.4. The largest absolute Gasteiger partial charge is 0.507 e. The minimum absolute atomic E-state index is 0. The minimum Gasteiger partial charge on any atom is -0.507 e. The molecule has 0 aliphatic rings. The highest BCUT2D eigenvalue weighted by Crippen LogP contribution is 2.41. The molecule has 0 bridgehead atoms. The second-order valence-corrected chi connectivity index (χ2v) is 19.8. The quantitative estimate of drug-likeness (QED) is 0.0183. The van der Waals surface area contributed by atoms with Crippen molar-refractivity contribution in [2.75, 3.05) is 23.9 Å². The first-order valence-electron chi connectivity index (χ1n) is 23.5. The number of rotatable bonds is 20. The maximum absolute atomic E-state index is 14.1. The first-order valence-corrected chi connectivity index (χ1v) is 25.7. The van der Waals surface area contributed by atoms with E-state index in [1.165, 1.54) is 12.1 Å². The molecule has 12 nitrogen and oxygen atoms in total. The van der Waals surface area contributed by atoms with Crippen LogP contribution >= 0.6 is 31.9 Å². The molecule has 2 aromatic heterocycles. The fourth-order valence-electron chi connectivity index (χ4n) is 7.98. The van der Waals surface area contributed by atoms with Crippen LogP contribution in [0.1, 0.15) is 122 Å². The monoisotopic (exact) mass is 1100 g/mol. The number of aliphatic hydroxyl groups excluding tert-OH is 2. The van der Waals surface area contributed by atoms with Crippen LogP contribution in [0.2, 0.25) is 0 Å². The predicted octanol–water partition coefficient (Wildman–Crippen LogP) is 13.5. The van der Waals surface area contributed by atoms with Crippen molar-refractivity contribution >= 4 is 75.7 Å². The van der Waals surface area contributed by atoms with Crippen molar-refractivity contribution in [3.63, 3.8) is 0 Å². The highest BCUT2D eigenvalue weighted by Gasteiger charge is 2.25. The number of aromatic hydroxyl groups is 4. The fourth-order valence-corrected chi connectivity index (χ4v) is 8.78. The highest BCUT2D eigenvalue weighted by molar-refractivity contribution is 9.09. The number of ether oxygens (including phenoxy) is 2. The average molecular weight is 1110 g/mol. The number of unbranched alkanes of at least 4 members (excludes halogenated alkanes) is 2. The SMILES string of the molecule is C.CC(C)=CCc1c(O)cc2oc3cc(O)c(CO)c(CC=C(C)C)c3c(=O)c2c1O.CC(C)=CCc1c(OCCCCBr)cc2oc3cc(OCCCCBr)c(CO)c(CC=C(C)C)c3c(=O)c2c1O. The molecule has 0 radical (unpaired) electrons. The van der Waals surface area contributed by atoms with Crippen LogP contribution in [0.5, 0.6) is 34.5 Å². The molecule has 6 aromatic rings. The summed E-state index contributed by atoms with van der Waals surface area (Å²) in [7, 11) is 0. The zero-order valence-corrected chi connectivity index (χ0v) is 44.6. The molecule has 71 heavy (non-hydrogen) atoms. The van der Waals surface area contributed by atoms with Crippen molar-refractivity contribution in [1.82, 2.24) is 0 Å². The average Bonchev–Trinajstić information content (AvgIpc) is 3.29. The maximum Gasteiger partial charge on any atom is 0.204 e. The first kappa shape index (κ1) is 58.0. The molecule has 0 saturated heterocycles. The van der Waals surface area contributed by atoms with Crippen molar-refractivity contribution in [2.45, 2.75) is 127 Å². The lowest BCUT2D eigenvalue weighted by Crippen LogP contribution is -2.11. The number of phenols is 4. The van der Waals surface area contributed by atoms with Crippen molar-refractivity contribution < 1.29 is 48.9 Å². The van der Waals surface area contributed by atoms with Gasteiger partial charge in [-0.2, -0.15) is 0 Å². The molecule has 0 amide bonds. The van der Waals surface area contributed by atoms with Gasteiger partial charge in [-0.3, -0.25) is 9.59 Å². The van der Waals surface area contributed by atoms with Gasteiger partial charge >= 0.3 is 0 Å². The molecular weight excluding hydrogens is 1040 g/mol. The molecule has 14 heteroatoms. The molecule has 0 unspecified atom stereocenters. The van der Waals surface area contributed by atoms with E-state index >= 15 is 0 Å². The molecule has 6 rings (SSSR count). The number of aliphatic hydroxyl groups is 2. The Morgan fingerprint density at radius 3 is 1.24 bits per heavy atom. The summed E-state index contributed by atoms with van der Waals surface area (Å²) in [6, 6.07) is 5.98. The zero-order chi connectivity index (χ0) is 51.4. The van der Waals surface area contributed by atoms with Crippen molar-refractivity contribution in [2.24, 2.45) is 0 Å². The molecule has 0 spiro atoms. The van der Waals surface area contributed by atoms with Gasteiger partial charge in [0.25, 0.3) is 0 Å². The van der Waals surface area contributed by atoms with Crippen LogP contribution in [-0.4, -0.2) is 54.5 Å². The van der Waals surface area contributed by atoms with E-state index < -0.39 is 12.0 Å². The number of phenolic OH excluding ortho intramolecular Hbond substituents is 3. The number of benzene rings is 4. The van der Waals surface area contributed by atoms with E-state index in [0.29, 0.717) is 77.2 Å². The summed E-state index contributed by atoms with van der Waals surface area (Å²) in [5.74, 6) is 0.182. The Balaban J connectivity index is 0.000000316. The van der Waals surface area contributed by atoms with Gasteiger partial charge in [0, 0.05) is 57.2 Å². The smallest absolute Gasteiger partial charge is 0.204 e. The van der Waals surface area contributed by atoms with Crippen molar-refractivity contribution in [3.05, 3.63) is 125 Å². The van der Waals surface area contributed by atoms with Gasteiger partial charge in [0.1, 0.15) is 67.6 Å². The minimum atomic E-state index is -0.478. The van der Waals surface area contributed by atoms with Gasteiger partial charge in [-0.05, 0) is 118 Å². The Hall–Kier alpha value is -5.54. The molecule has 4 aromatic carbocycles. The van der Waals surface area contributed by atoms with Crippen LogP contribution < -0.4 is 20.3 Å². The lowest BCUT2D eigenvalue weighted by molar-refractivity contribution is 0.260. The summed E-state index contributed by atoms with van der Waals surface area (Å²) in [5.41, 5.74) is 6.82. The normalized spacial score (nSPS) is 11.0. The third-order valence-electron chi connectivity index (χ3n) is 11.7. The van der Waals surface area contributed by atoms with Crippen LogP contribution in [0.3, 0.4) is 0 Å². The van der Waals surface area contributed by atoms with E-state index in [1.807, 2.05) is 79.7 Å². The van der Waals surface area contributed by atoms with Gasteiger partial charge in [-0.25, -0.2) is 0 Å². The third kappa shape index (κ3) is 13.9. The van der Waals surface area contributed by atoms with Crippen LogP contribution in [0.4, 0.5) is 0 Å². The predicted molar refractivity (Wildman–Crippen MR) is 295 cm³/mol. The highest BCUT2D eigenvalue weighted by atomic mass is 79.9. The molecule has 0 atom stereocenters. The third-order valence-corrected chi connectivity index (χ3v) is 12.9. The molecular formula is C57H70Br2O12. The second-order valence-electron chi connectivity index (χ2n) is 18.2. The molecule has 6 N–H and O–H groups in total. The number of alkyl halides is 2. The Kier molecular flexibility index (Phi) is 21.9. The lowest BCUT2D eigenvalue weighted by Gasteiger charge is -2.18. The van der Waals surface area contributed by atoms with E-state index in [-0.39, 0.29) is 92.9 Å². The summed E-state index contributed by atoms with van der Waals surface area (Å²) in [6.45, 7) is 15.8. The Morgan fingerprint density at radius 1 is 0.479 bits per heavy atom. The van der Waals surface area contributed by atoms with E-state index in [1.54, 1.807) is 12.1 Å². The van der Waals surface area contributed by atoms with Crippen molar-refractivity contribution in [3.8, 4) is 34.5 Å². The van der Waals surface area contributed by atoms with Crippen molar-refractivity contribution in [1.29, 1.82) is 0 Å². The van der Waals surface area contributed by atoms with Crippen LogP contribution in [-0.2, 0) is 38.9 Å². The molecule has 0 saturated carbocycles. The Morgan fingerprint density at radius 2 is 0.817 bits per heavy atom. The number of fused-ring (bicyclic) bond motifs is 4. The van der Waals surface area contributed by atoms with Gasteiger partial charge in [0.2, 0.25) is 10.9 Å². The zero-order valence-electron chi connectivity index (χ0n) is 41.4. The molecule has 2 heterocycles. The van der Waals surface area contributed by atoms with Crippen LogP contribution in [0.25, 0.3) is 43.9 Å². The Bertz CT molecular complexity index is 3100. The number of allylic oxidation sites excluding steroid dienone is 8. The Labute approximate surface area is 432 Å². The summed E-state index contributed by atoms with van der Waals surface area (Å²) < 4.78 is 24.3.